The molecular formula is C20H13F2N3O4. The zero-order chi connectivity index (χ0) is 20.5. The van der Waals surface area contributed by atoms with E-state index in [1.807, 2.05) is 0 Å². The second kappa shape index (κ2) is 7.27. The molecule has 0 atom stereocenters. The standard InChI is InChI=1S/C20H13F2N3O4/c21-15-10-16(22)19(29-13-5-2-1-3-6-13)18-14(15)9-12(23-18)11-24-8-4-7-17(20(24)26)25(27)28/h1-8,10H,9,11H2. The first-order valence-electron chi connectivity index (χ1n) is 8.58. The molecule has 0 radical (unpaired) electrons. The van der Waals surface area contributed by atoms with Gasteiger partial charge in [0.05, 0.1) is 11.5 Å². The third kappa shape index (κ3) is 3.49. The monoisotopic (exact) mass is 397 g/mol. The topological polar surface area (TPSA) is 86.7 Å². The van der Waals surface area contributed by atoms with Gasteiger partial charge >= 0.3 is 11.2 Å². The lowest BCUT2D eigenvalue weighted by molar-refractivity contribution is -0.386. The number of halogens is 2. The number of aromatic nitrogens is 1. The molecule has 9 heteroatoms. The third-order valence-corrected chi connectivity index (χ3v) is 4.42. The molecule has 2 heterocycles. The number of pyridine rings is 1. The van der Waals surface area contributed by atoms with Crippen LogP contribution >= 0.6 is 0 Å². The number of nitrogens with zero attached hydrogens (tertiary/aromatic N) is 3. The van der Waals surface area contributed by atoms with Crippen LogP contribution < -0.4 is 10.3 Å². The Balaban J connectivity index is 1.70. The summed E-state index contributed by atoms with van der Waals surface area (Å²) in [5, 5.41) is 10.9. The van der Waals surface area contributed by atoms with E-state index >= 15 is 0 Å². The number of fused-ring (bicyclic) bond motifs is 1. The van der Waals surface area contributed by atoms with Gasteiger partial charge in [-0.25, -0.2) is 8.78 Å². The number of ether oxygens (including phenoxy) is 1. The predicted molar refractivity (Wildman–Crippen MR) is 101 cm³/mol. The molecule has 7 nitrogen and oxygen atoms in total. The predicted octanol–water partition coefficient (Wildman–Crippen LogP) is 4.16. The molecule has 29 heavy (non-hydrogen) atoms. The molecule has 1 aliphatic rings. The van der Waals surface area contributed by atoms with E-state index in [2.05, 4.69) is 4.99 Å². The van der Waals surface area contributed by atoms with E-state index in [1.165, 1.54) is 12.3 Å². The second-order valence-electron chi connectivity index (χ2n) is 6.35. The van der Waals surface area contributed by atoms with E-state index in [-0.39, 0.29) is 30.0 Å². The summed E-state index contributed by atoms with van der Waals surface area (Å²) >= 11 is 0. The maximum atomic E-state index is 14.4. The Labute approximate surface area is 162 Å². The third-order valence-electron chi connectivity index (χ3n) is 4.42. The van der Waals surface area contributed by atoms with E-state index < -0.39 is 27.8 Å². The summed E-state index contributed by atoms with van der Waals surface area (Å²) in [4.78, 5) is 26.6. The van der Waals surface area contributed by atoms with Crippen molar-refractivity contribution in [1.82, 2.24) is 4.57 Å². The summed E-state index contributed by atoms with van der Waals surface area (Å²) in [7, 11) is 0. The van der Waals surface area contributed by atoms with Gasteiger partial charge < -0.3 is 9.30 Å². The average Bonchev–Trinajstić information content (AvgIpc) is 3.12. The van der Waals surface area contributed by atoms with Crippen LogP contribution in [0.25, 0.3) is 0 Å². The van der Waals surface area contributed by atoms with Crippen LogP contribution in [-0.2, 0) is 13.0 Å². The maximum Gasteiger partial charge on any atom is 0.334 e. The molecule has 0 fully saturated rings. The number of benzene rings is 2. The highest BCUT2D eigenvalue weighted by Crippen LogP contribution is 2.42. The fourth-order valence-electron chi connectivity index (χ4n) is 3.09. The van der Waals surface area contributed by atoms with Crippen molar-refractivity contribution in [3.63, 3.8) is 0 Å². The van der Waals surface area contributed by atoms with Gasteiger partial charge in [-0.15, -0.1) is 0 Å². The molecule has 0 saturated heterocycles. The lowest BCUT2D eigenvalue weighted by Crippen LogP contribution is -2.25. The molecular weight excluding hydrogens is 384 g/mol. The van der Waals surface area contributed by atoms with Crippen LogP contribution in [0.2, 0.25) is 0 Å². The van der Waals surface area contributed by atoms with Crippen molar-refractivity contribution in [2.24, 2.45) is 4.99 Å². The van der Waals surface area contributed by atoms with Gasteiger partial charge in [0.25, 0.3) is 0 Å². The van der Waals surface area contributed by atoms with E-state index in [9.17, 15) is 23.7 Å². The second-order valence-corrected chi connectivity index (χ2v) is 6.35. The highest BCUT2D eigenvalue weighted by atomic mass is 19.1. The molecule has 146 valence electrons. The van der Waals surface area contributed by atoms with E-state index in [0.29, 0.717) is 11.5 Å². The van der Waals surface area contributed by atoms with Crippen LogP contribution in [0.3, 0.4) is 0 Å². The Morgan fingerprint density at radius 1 is 1.14 bits per heavy atom. The zero-order valence-electron chi connectivity index (χ0n) is 14.8. The minimum atomic E-state index is -0.900. The van der Waals surface area contributed by atoms with E-state index in [4.69, 9.17) is 4.74 Å². The molecule has 0 spiro atoms. The summed E-state index contributed by atoms with van der Waals surface area (Å²) < 4.78 is 35.4. The van der Waals surface area contributed by atoms with Crippen molar-refractivity contribution in [3.8, 4) is 11.5 Å². The van der Waals surface area contributed by atoms with E-state index in [1.54, 1.807) is 30.3 Å². The van der Waals surface area contributed by atoms with Gasteiger partial charge in [-0.05, 0) is 18.2 Å². The fourth-order valence-corrected chi connectivity index (χ4v) is 3.09. The SMILES string of the molecule is O=c1c([N+](=O)[O-])cccn1CC1=Nc2c(c(F)cc(F)c2Oc2ccccc2)C1. The van der Waals surface area contributed by atoms with Crippen molar-refractivity contribution < 1.29 is 18.4 Å². The van der Waals surface area contributed by atoms with Crippen molar-refractivity contribution in [2.75, 3.05) is 0 Å². The maximum absolute atomic E-state index is 14.4. The molecule has 0 saturated carbocycles. The molecule has 0 bridgehead atoms. The van der Waals surface area contributed by atoms with E-state index in [0.717, 1.165) is 16.7 Å². The number of hydrogen-bond donors (Lipinski definition) is 0. The average molecular weight is 397 g/mol. The Morgan fingerprint density at radius 2 is 1.90 bits per heavy atom. The van der Waals surface area contributed by atoms with Crippen LogP contribution in [0, 0.1) is 21.7 Å². The molecule has 2 aromatic carbocycles. The zero-order valence-corrected chi connectivity index (χ0v) is 14.8. The quantitative estimate of drug-likeness (QED) is 0.478. The number of rotatable bonds is 5. The number of aliphatic imine (C=N–C) groups is 1. The minimum Gasteiger partial charge on any atom is -0.452 e. The molecule has 1 aromatic heterocycles. The summed E-state index contributed by atoms with van der Waals surface area (Å²) in [6, 6.07) is 11.6. The first-order valence-corrected chi connectivity index (χ1v) is 8.58. The number of nitro groups is 1. The lowest BCUT2D eigenvalue weighted by Gasteiger charge is -2.10. The molecule has 0 N–H and O–H groups in total. The number of para-hydroxylation sites is 1. The number of hydrogen-bond acceptors (Lipinski definition) is 5. The molecule has 4 rings (SSSR count). The van der Waals surface area contributed by atoms with Gasteiger partial charge in [-0.1, -0.05) is 18.2 Å². The largest absolute Gasteiger partial charge is 0.452 e. The first kappa shape index (κ1) is 18.5. The molecule has 0 unspecified atom stereocenters. The van der Waals surface area contributed by atoms with Crippen molar-refractivity contribution in [1.29, 1.82) is 0 Å². The normalized spacial score (nSPS) is 12.4. The van der Waals surface area contributed by atoms with Crippen molar-refractivity contribution >= 4 is 17.1 Å². The Bertz CT molecular complexity index is 1210. The summed E-state index contributed by atoms with van der Waals surface area (Å²) in [5.41, 5.74) is -0.867. The van der Waals surface area contributed by atoms with Gasteiger partial charge in [-0.2, -0.15) is 0 Å². The highest BCUT2D eigenvalue weighted by Gasteiger charge is 2.27. The smallest absolute Gasteiger partial charge is 0.334 e. The molecule has 1 aliphatic heterocycles. The first-order chi connectivity index (χ1) is 13.9. The van der Waals surface area contributed by atoms with Crippen LogP contribution in [0.4, 0.5) is 20.2 Å². The van der Waals surface area contributed by atoms with Gasteiger partial charge in [-0.3, -0.25) is 19.9 Å². The van der Waals surface area contributed by atoms with Gasteiger partial charge in [0, 0.05) is 36.0 Å². The van der Waals surface area contributed by atoms with Gasteiger partial charge in [0.15, 0.2) is 11.6 Å². The van der Waals surface area contributed by atoms with Crippen LogP contribution in [-0.4, -0.2) is 15.2 Å². The van der Waals surface area contributed by atoms with Crippen molar-refractivity contribution in [3.05, 3.63) is 92.4 Å². The molecule has 0 aliphatic carbocycles. The van der Waals surface area contributed by atoms with Gasteiger partial charge in [0.2, 0.25) is 0 Å². The Morgan fingerprint density at radius 3 is 2.62 bits per heavy atom. The summed E-state index contributed by atoms with van der Waals surface area (Å²) in [6.07, 6.45) is 1.40. The van der Waals surface area contributed by atoms with Crippen molar-refractivity contribution in [2.45, 2.75) is 13.0 Å². The minimum absolute atomic E-state index is 0.0137. The lowest BCUT2D eigenvalue weighted by atomic mass is 10.1. The van der Waals surface area contributed by atoms with Gasteiger partial charge in [0.1, 0.15) is 17.3 Å². The van der Waals surface area contributed by atoms with Crippen LogP contribution in [0.5, 0.6) is 11.5 Å². The Hall–Kier alpha value is -3.88. The Kier molecular flexibility index (Phi) is 4.63. The molecule has 3 aromatic rings. The molecule has 0 amide bonds. The summed E-state index contributed by atoms with van der Waals surface area (Å²) in [5.74, 6) is -1.53. The highest BCUT2D eigenvalue weighted by molar-refractivity contribution is 5.95. The summed E-state index contributed by atoms with van der Waals surface area (Å²) in [6.45, 7) is -0.0962. The fraction of sp³-hybridized carbons (Fsp3) is 0.100. The van der Waals surface area contributed by atoms with Crippen LogP contribution in [0.15, 0.2) is 64.5 Å². The van der Waals surface area contributed by atoms with Crippen LogP contribution in [0.1, 0.15) is 5.56 Å².